The average molecular weight is 430 g/mol. The minimum atomic E-state index is -0.141. The van der Waals surface area contributed by atoms with Crippen molar-refractivity contribution in [3.63, 3.8) is 0 Å². The Kier molecular flexibility index (Phi) is 5.56. The zero-order valence-electron chi connectivity index (χ0n) is 19.3. The monoisotopic (exact) mass is 430 g/mol. The zero-order valence-corrected chi connectivity index (χ0v) is 19.3. The van der Waals surface area contributed by atoms with Crippen molar-refractivity contribution in [1.82, 2.24) is 0 Å². The average Bonchev–Trinajstić information content (AvgIpc) is 3.01. The van der Waals surface area contributed by atoms with Gasteiger partial charge < -0.3 is 33.2 Å². The molecule has 2 aliphatic rings. The van der Waals surface area contributed by atoms with E-state index in [2.05, 4.69) is 13.8 Å². The summed E-state index contributed by atoms with van der Waals surface area (Å²) in [6, 6.07) is 3.97. The van der Waals surface area contributed by atoms with Gasteiger partial charge in [0, 0.05) is 11.1 Å². The highest BCUT2D eigenvalue weighted by Gasteiger charge is 2.48. The van der Waals surface area contributed by atoms with Gasteiger partial charge in [-0.3, -0.25) is 0 Å². The molecular formula is C24H30O7. The predicted molar refractivity (Wildman–Crippen MR) is 116 cm³/mol. The summed E-state index contributed by atoms with van der Waals surface area (Å²) in [7, 11) is 9.69. The number of benzene rings is 2. The van der Waals surface area contributed by atoms with Gasteiger partial charge in [0.2, 0.25) is 11.5 Å². The molecular weight excluding hydrogens is 400 g/mol. The maximum atomic E-state index is 6.64. The van der Waals surface area contributed by atoms with Crippen molar-refractivity contribution in [3.8, 4) is 45.6 Å². The van der Waals surface area contributed by atoms with Crippen LogP contribution >= 0.6 is 0 Å². The first-order chi connectivity index (χ1) is 15.0. The molecule has 1 fully saturated rings. The molecule has 0 amide bonds. The fraction of sp³-hybridized carbons (Fsp3) is 0.500. The summed E-state index contributed by atoms with van der Waals surface area (Å²) in [5.74, 6) is 3.91. The lowest BCUT2D eigenvalue weighted by atomic mass is 9.77. The van der Waals surface area contributed by atoms with Gasteiger partial charge in [0.25, 0.3) is 0 Å². The van der Waals surface area contributed by atoms with Crippen LogP contribution in [0.25, 0.3) is 11.1 Å². The Labute approximate surface area is 183 Å². The first-order valence-corrected chi connectivity index (χ1v) is 10.3. The van der Waals surface area contributed by atoms with Crippen LogP contribution in [0.1, 0.15) is 37.2 Å². The third kappa shape index (κ3) is 2.90. The fourth-order valence-electron chi connectivity index (χ4n) is 4.99. The molecule has 4 atom stereocenters. The van der Waals surface area contributed by atoms with E-state index in [1.807, 2.05) is 12.1 Å². The van der Waals surface area contributed by atoms with Gasteiger partial charge in [-0.2, -0.15) is 0 Å². The lowest BCUT2D eigenvalue weighted by Crippen LogP contribution is -2.15. The normalized spacial score (nSPS) is 23.4. The Balaban J connectivity index is 2.20. The van der Waals surface area contributed by atoms with E-state index >= 15 is 0 Å². The van der Waals surface area contributed by atoms with Crippen LogP contribution in [0.15, 0.2) is 12.1 Å². The third-order valence-electron chi connectivity index (χ3n) is 6.66. The molecule has 2 aromatic carbocycles. The molecule has 2 aliphatic heterocycles. The van der Waals surface area contributed by atoms with Crippen molar-refractivity contribution in [2.24, 2.45) is 11.8 Å². The molecule has 4 rings (SSSR count). The van der Waals surface area contributed by atoms with Crippen LogP contribution in [0.4, 0.5) is 0 Å². The molecule has 0 radical (unpaired) electrons. The minimum absolute atomic E-state index is 0.141. The molecule has 2 heterocycles. The molecule has 7 nitrogen and oxygen atoms in total. The molecule has 0 N–H and O–H groups in total. The van der Waals surface area contributed by atoms with E-state index in [1.165, 1.54) is 0 Å². The zero-order chi connectivity index (χ0) is 22.4. The standard InChI is InChI=1S/C24H30O7/c1-11-12(2)20-14-10-16(26-4)22(28-6)24(30-8)18(14)17-13(19(11)31-20)9-15(25-3)21(27-5)23(17)29-7/h9-12,19-20H,1-8H3. The molecule has 4 unspecified atom stereocenters. The lowest BCUT2D eigenvalue weighted by Gasteiger charge is -2.28. The molecule has 0 aromatic heterocycles. The van der Waals surface area contributed by atoms with Gasteiger partial charge in [0.05, 0.1) is 54.9 Å². The number of ether oxygens (including phenoxy) is 7. The number of hydrogen-bond acceptors (Lipinski definition) is 7. The van der Waals surface area contributed by atoms with Gasteiger partial charge in [0.15, 0.2) is 23.0 Å². The highest BCUT2D eigenvalue weighted by molar-refractivity contribution is 5.89. The van der Waals surface area contributed by atoms with Crippen LogP contribution in [-0.4, -0.2) is 42.7 Å². The van der Waals surface area contributed by atoms with Crippen molar-refractivity contribution in [2.75, 3.05) is 42.7 Å². The first-order valence-electron chi connectivity index (χ1n) is 10.3. The van der Waals surface area contributed by atoms with Crippen LogP contribution in [0.2, 0.25) is 0 Å². The number of rotatable bonds is 6. The van der Waals surface area contributed by atoms with Crippen LogP contribution in [0.5, 0.6) is 34.5 Å². The van der Waals surface area contributed by atoms with Crippen molar-refractivity contribution in [1.29, 1.82) is 0 Å². The smallest absolute Gasteiger partial charge is 0.203 e. The number of hydrogen-bond donors (Lipinski definition) is 0. The maximum absolute atomic E-state index is 6.64. The van der Waals surface area contributed by atoms with E-state index < -0.39 is 0 Å². The molecule has 2 aromatic rings. The van der Waals surface area contributed by atoms with E-state index in [1.54, 1.807) is 42.7 Å². The summed E-state index contributed by atoms with van der Waals surface area (Å²) in [6.45, 7) is 4.43. The van der Waals surface area contributed by atoms with Gasteiger partial charge in [0.1, 0.15) is 0 Å². The molecule has 2 bridgehead atoms. The summed E-state index contributed by atoms with van der Waals surface area (Å²) < 4.78 is 41.1. The van der Waals surface area contributed by atoms with Gasteiger partial charge in [-0.25, -0.2) is 0 Å². The number of methoxy groups -OCH3 is 6. The quantitative estimate of drug-likeness (QED) is 0.652. The van der Waals surface area contributed by atoms with Crippen LogP contribution in [0, 0.1) is 11.8 Å². The topological polar surface area (TPSA) is 64.6 Å². The van der Waals surface area contributed by atoms with Gasteiger partial charge in [-0.1, -0.05) is 13.8 Å². The molecule has 7 heteroatoms. The summed E-state index contributed by atoms with van der Waals surface area (Å²) in [6.07, 6.45) is -0.282. The Morgan fingerprint density at radius 3 is 1.19 bits per heavy atom. The fourth-order valence-corrected chi connectivity index (χ4v) is 4.99. The molecule has 168 valence electrons. The number of fused-ring (bicyclic) bond motifs is 7. The predicted octanol–water partition coefficient (Wildman–Crippen LogP) is 4.80. The van der Waals surface area contributed by atoms with Crippen molar-refractivity contribution in [3.05, 3.63) is 23.3 Å². The molecule has 0 aliphatic carbocycles. The second kappa shape index (κ2) is 8.04. The van der Waals surface area contributed by atoms with E-state index in [0.29, 0.717) is 34.5 Å². The van der Waals surface area contributed by atoms with E-state index in [4.69, 9.17) is 33.2 Å². The molecule has 0 saturated carbocycles. The molecule has 31 heavy (non-hydrogen) atoms. The first kappa shape index (κ1) is 21.4. The summed E-state index contributed by atoms with van der Waals surface area (Å²) >= 11 is 0. The van der Waals surface area contributed by atoms with Gasteiger partial charge in [-0.15, -0.1) is 0 Å². The Morgan fingerprint density at radius 1 is 0.548 bits per heavy atom. The van der Waals surface area contributed by atoms with Crippen LogP contribution in [0.3, 0.4) is 0 Å². The summed E-state index contributed by atoms with van der Waals surface area (Å²) in [5, 5.41) is 0. The van der Waals surface area contributed by atoms with Crippen LogP contribution in [-0.2, 0) is 4.74 Å². The van der Waals surface area contributed by atoms with Gasteiger partial charge in [-0.05, 0) is 35.1 Å². The molecule has 0 spiro atoms. The van der Waals surface area contributed by atoms with Gasteiger partial charge >= 0.3 is 0 Å². The van der Waals surface area contributed by atoms with E-state index in [9.17, 15) is 0 Å². The highest BCUT2D eigenvalue weighted by atomic mass is 16.5. The summed E-state index contributed by atoms with van der Waals surface area (Å²) in [5.41, 5.74) is 3.67. The molecule has 1 saturated heterocycles. The highest BCUT2D eigenvalue weighted by Crippen LogP contribution is 2.63. The lowest BCUT2D eigenvalue weighted by molar-refractivity contribution is 0.0312. The second-order valence-corrected chi connectivity index (χ2v) is 7.91. The largest absolute Gasteiger partial charge is 0.493 e. The van der Waals surface area contributed by atoms with Crippen molar-refractivity contribution in [2.45, 2.75) is 26.1 Å². The second-order valence-electron chi connectivity index (χ2n) is 7.91. The SMILES string of the molecule is COc1cc2c(c(OC)c1OC)-c1c(cc(OC)c(OC)c1OC)C1OC2C(C)C1C. The third-order valence-corrected chi connectivity index (χ3v) is 6.66. The van der Waals surface area contributed by atoms with Crippen molar-refractivity contribution < 1.29 is 33.2 Å². The van der Waals surface area contributed by atoms with E-state index in [-0.39, 0.29) is 24.0 Å². The maximum Gasteiger partial charge on any atom is 0.203 e. The Bertz CT molecular complexity index is 921. The summed E-state index contributed by atoms with van der Waals surface area (Å²) in [4.78, 5) is 0. The van der Waals surface area contributed by atoms with Crippen molar-refractivity contribution >= 4 is 0 Å². The Morgan fingerprint density at radius 2 is 0.903 bits per heavy atom. The minimum Gasteiger partial charge on any atom is -0.493 e. The van der Waals surface area contributed by atoms with E-state index in [0.717, 1.165) is 22.3 Å². The van der Waals surface area contributed by atoms with Crippen LogP contribution < -0.4 is 28.4 Å². The Hall–Kier alpha value is -2.80.